The molecule has 0 saturated carbocycles. The minimum atomic E-state index is -0.455. The van der Waals surface area contributed by atoms with Gasteiger partial charge in [0.2, 0.25) is 5.91 Å². The van der Waals surface area contributed by atoms with Crippen LogP contribution in [0.5, 0.6) is 5.75 Å². The van der Waals surface area contributed by atoms with Gasteiger partial charge in [0.25, 0.3) is 5.91 Å². The molecule has 8 heteroatoms. The van der Waals surface area contributed by atoms with Crippen molar-refractivity contribution in [2.24, 2.45) is 0 Å². The maximum atomic E-state index is 12.0. The number of thiocyanates is 1. The highest BCUT2D eigenvalue weighted by Gasteiger charge is 2.12. The Morgan fingerprint density at radius 3 is 3.00 bits per heavy atom. The lowest BCUT2D eigenvalue weighted by molar-refractivity contribution is -0.118. The summed E-state index contributed by atoms with van der Waals surface area (Å²) >= 11 is 0.603. The third-order valence-electron chi connectivity index (χ3n) is 2.71. The molecule has 1 aromatic carbocycles. The van der Waals surface area contributed by atoms with Crippen molar-refractivity contribution in [1.82, 2.24) is 15.0 Å². The van der Waals surface area contributed by atoms with Crippen LogP contribution in [0.15, 0.2) is 24.3 Å². The minimum absolute atomic E-state index is 0.208. The molecule has 2 amide bonds. The molecule has 1 aromatic heterocycles. The topological polar surface area (TPSA) is 107 Å². The molecule has 0 atom stereocenters. The number of ether oxygens (including phenoxy) is 1. The van der Waals surface area contributed by atoms with Crippen LogP contribution in [-0.4, -0.2) is 30.5 Å². The first-order valence-electron chi connectivity index (χ1n) is 5.93. The van der Waals surface area contributed by atoms with Crippen LogP contribution in [0.25, 0.3) is 10.9 Å². The van der Waals surface area contributed by atoms with Crippen molar-refractivity contribution in [3.05, 3.63) is 30.0 Å². The number of fused-ring (bicyclic) bond motifs is 1. The van der Waals surface area contributed by atoms with Gasteiger partial charge in [-0.2, -0.15) is 5.26 Å². The highest BCUT2D eigenvalue weighted by atomic mass is 32.2. The van der Waals surface area contributed by atoms with Crippen molar-refractivity contribution < 1.29 is 14.3 Å². The van der Waals surface area contributed by atoms with E-state index in [4.69, 9.17) is 10.00 Å². The van der Waals surface area contributed by atoms with Crippen molar-refractivity contribution in [2.45, 2.75) is 0 Å². The molecule has 2 rings (SSSR count). The summed E-state index contributed by atoms with van der Waals surface area (Å²) in [5, 5.41) is 13.2. The van der Waals surface area contributed by atoms with E-state index in [9.17, 15) is 9.59 Å². The molecular formula is C13H12N4O3S. The highest BCUT2D eigenvalue weighted by Crippen LogP contribution is 2.25. The fourth-order valence-corrected chi connectivity index (χ4v) is 2.03. The standard InChI is InChI=1S/C13H12N4O3S/c1-20-11-4-2-3-9-8(11)5-10(16-9)13(19)15-6-12(18)17-21-7-14/h2-5,16H,6H2,1H3,(H,15,19)(H,17,18). The molecule has 3 N–H and O–H groups in total. The number of aromatic nitrogens is 1. The maximum Gasteiger partial charge on any atom is 0.268 e. The van der Waals surface area contributed by atoms with Gasteiger partial charge < -0.3 is 15.0 Å². The van der Waals surface area contributed by atoms with Crippen molar-refractivity contribution >= 4 is 34.7 Å². The van der Waals surface area contributed by atoms with Gasteiger partial charge in [-0.3, -0.25) is 14.3 Å². The molecule has 2 aromatic rings. The summed E-state index contributed by atoms with van der Waals surface area (Å²) in [4.78, 5) is 26.2. The fraction of sp³-hybridized carbons (Fsp3) is 0.154. The molecule has 0 radical (unpaired) electrons. The lowest BCUT2D eigenvalue weighted by atomic mass is 10.2. The molecule has 0 spiro atoms. The van der Waals surface area contributed by atoms with E-state index in [1.807, 2.05) is 12.1 Å². The van der Waals surface area contributed by atoms with E-state index < -0.39 is 11.8 Å². The number of rotatable bonds is 5. The third-order valence-corrected chi connectivity index (χ3v) is 3.13. The maximum absolute atomic E-state index is 12.0. The van der Waals surface area contributed by atoms with Gasteiger partial charge in [-0.05, 0) is 18.2 Å². The summed E-state index contributed by atoms with van der Waals surface area (Å²) in [5.74, 6) is -0.208. The Bertz CT molecular complexity index is 720. The molecule has 0 unspecified atom stereocenters. The van der Waals surface area contributed by atoms with Crippen LogP contribution in [0, 0.1) is 10.7 Å². The second-order valence-electron chi connectivity index (χ2n) is 4.01. The number of H-pyrrole nitrogens is 1. The number of nitrogens with one attached hydrogen (secondary N) is 3. The van der Waals surface area contributed by atoms with Crippen molar-refractivity contribution in [3.63, 3.8) is 0 Å². The van der Waals surface area contributed by atoms with Crippen LogP contribution >= 0.6 is 11.9 Å². The van der Waals surface area contributed by atoms with Gasteiger partial charge in [-0.25, -0.2) is 0 Å². The van der Waals surface area contributed by atoms with Crippen molar-refractivity contribution in [1.29, 1.82) is 5.26 Å². The summed E-state index contributed by atoms with van der Waals surface area (Å²) in [6, 6.07) is 7.09. The predicted octanol–water partition coefficient (Wildman–Crippen LogP) is 1.15. The second-order valence-corrected chi connectivity index (χ2v) is 4.60. The molecule has 0 aliphatic heterocycles. The SMILES string of the molecule is COc1cccc2[nH]c(C(=O)NCC(=O)NSC#N)cc12. The molecule has 0 bridgehead atoms. The Morgan fingerprint density at radius 2 is 2.29 bits per heavy atom. The number of methoxy groups -OCH3 is 1. The Labute approximate surface area is 124 Å². The normalized spacial score (nSPS) is 9.90. The first kappa shape index (κ1) is 14.7. The van der Waals surface area contributed by atoms with Crippen LogP contribution in [0.2, 0.25) is 0 Å². The largest absolute Gasteiger partial charge is 0.496 e. The number of amides is 2. The monoisotopic (exact) mass is 304 g/mol. The van der Waals surface area contributed by atoms with Crippen LogP contribution in [0.1, 0.15) is 10.5 Å². The van der Waals surface area contributed by atoms with E-state index in [0.29, 0.717) is 23.4 Å². The van der Waals surface area contributed by atoms with Crippen LogP contribution in [-0.2, 0) is 4.79 Å². The summed E-state index contributed by atoms with van der Waals surface area (Å²) in [6.07, 6.45) is 0. The average molecular weight is 304 g/mol. The summed E-state index contributed by atoms with van der Waals surface area (Å²) < 4.78 is 7.47. The fourth-order valence-electron chi connectivity index (χ4n) is 1.80. The zero-order valence-electron chi connectivity index (χ0n) is 11.1. The predicted molar refractivity (Wildman–Crippen MR) is 78.5 cm³/mol. The van der Waals surface area contributed by atoms with E-state index >= 15 is 0 Å². The molecule has 0 fully saturated rings. The first-order chi connectivity index (χ1) is 10.2. The smallest absolute Gasteiger partial charge is 0.268 e. The van der Waals surface area contributed by atoms with Gasteiger partial charge in [0.1, 0.15) is 11.4 Å². The Balaban J connectivity index is 2.06. The Hall–Kier alpha value is -2.66. The van der Waals surface area contributed by atoms with Gasteiger partial charge in [0, 0.05) is 10.9 Å². The number of hydrogen-bond donors (Lipinski definition) is 3. The van der Waals surface area contributed by atoms with Gasteiger partial charge >= 0.3 is 0 Å². The number of benzene rings is 1. The Morgan fingerprint density at radius 1 is 1.48 bits per heavy atom. The minimum Gasteiger partial charge on any atom is -0.496 e. The summed E-state index contributed by atoms with van der Waals surface area (Å²) in [7, 11) is 1.55. The van der Waals surface area contributed by atoms with E-state index in [1.165, 1.54) is 0 Å². The Kier molecular flexibility index (Phi) is 4.68. The zero-order valence-corrected chi connectivity index (χ0v) is 11.9. The first-order valence-corrected chi connectivity index (χ1v) is 6.75. The second kappa shape index (κ2) is 6.67. The number of aromatic amines is 1. The van der Waals surface area contributed by atoms with Gasteiger partial charge in [-0.1, -0.05) is 6.07 Å². The molecule has 108 valence electrons. The van der Waals surface area contributed by atoms with Gasteiger partial charge in [0.05, 0.1) is 25.6 Å². The molecule has 1 heterocycles. The van der Waals surface area contributed by atoms with Crippen molar-refractivity contribution in [2.75, 3.05) is 13.7 Å². The molecule has 0 aliphatic rings. The van der Waals surface area contributed by atoms with Gasteiger partial charge in [-0.15, -0.1) is 0 Å². The summed E-state index contributed by atoms with van der Waals surface area (Å²) in [6.45, 7) is -0.208. The average Bonchev–Trinajstić information content (AvgIpc) is 2.94. The van der Waals surface area contributed by atoms with E-state index in [2.05, 4.69) is 15.0 Å². The molecule has 21 heavy (non-hydrogen) atoms. The lowest BCUT2D eigenvalue weighted by Gasteiger charge is -2.02. The number of carbonyl (C=O) groups excluding carboxylic acids is 2. The van der Waals surface area contributed by atoms with Gasteiger partial charge in [0.15, 0.2) is 5.40 Å². The summed E-state index contributed by atoms with van der Waals surface area (Å²) in [5.41, 5.74) is 1.10. The number of hydrogen-bond acceptors (Lipinski definition) is 5. The van der Waals surface area contributed by atoms with E-state index in [-0.39, 0.29) is 6.54 Å². The van der Waals surface area contributed by atoms with Crippen LogP contribution in [0.3, 0.4) is 0 Å². The van der Waals surface area contributed by atoms with Crippen LogP contribution < -0.4 is 14.8 Å². The number of carbonyl (C=O) groups is 2. The third kappa shape index (κ3) is 3.46. The molecular weight excluding hydrogens is 292 g/mol. The molecule has 7 nitrogen and oxygen atoms in total. The zero-order chi connectivity index (χ0) is 15.2. The van der Waals surface area contributed by atoms with Crippen molar-refractivity contribution in [3.8, 4) is 11.2 Å². The van der Waals surface area contributed by atoms with E-state index in [0.717, 1.165) is 10.9 Å². The lowest BCUT2D eigenvalue weighted by Crippen LogP contribution is -2.34. The number of nitrogens with zero attached hydrogens (tertiary/aromatic N) is 1. The quantitative estimate of drug-likeness (QED) is 0.567. The highest BCUT2D eigenvalue weighted by molar-refractivity contribution is 8.02. The molecule has 0 aliphatic carbocycles. The van der Waals surface area contributed by atoms with E-state index in [1.54, 1.807) is 24.6 Å². The van der Waals surface area contributed by atoms with Crippen LogP contribution in [0.4, 0.5) is 0 Å². The number of nitriles is 1. The molecule has 0 saturated heterocycles.